The fraction of sp³-hybridized carbons (Fsp3) is 0.316. The topological polar surface area (TPSA) is 35.6 Å². The molecule has 1 heterocycles. The number of hydrogen-bond donors (Lipinski definition) is 1. The third-order valence-electron chi connectivity index (χ3n) is 4.29. The molecule has 1 saturated heterocycles. The largest absolute Gasteiger partial charge is 0.369 e. The number of rotatable bonds is 3. The molecule has 0 atom stereocenters. The van der Waals surface area contributed by atoms with E-state index in [-0.39, 0.29) is 5.91 Å². The first kappa shape index (κ1) is 16.8. The molecule has 0 radical (unpaired) electrons. The van der Waals surface area contributed by atoms with Crippen LogP contribution in [0.15, 0.2) is 42.5 Å². The minimum absolute atomic E-state index is 0.0828. The summed E-state index contributed by atoms with van der Waals surface area (Å²) in [5.41, 5.74) is 3.88. The van der Waals surface area contributed by atoms with Gasteiger partial charge in [0.05, 0.1) is 10.6 Å². The maximum absolute atomic E-state index is 12.1. The van der Waals surface area contributed by atoms with Crippen molar-refractivity contribution >= 4 is 23.2 Å². The molecule has 1 aliphatic heterocycles. The summed E-state index contributed by atoms with van der Waals surface area (Å²) < 4.78 is 0. The Bertz CT molecular complexity index is 722. The average molecular weight is 344 g/mol. The van der Waals surface area contributed by atoms with Gasteiger partial charge in [0, 0.05) is 46.0 Å². The summed E-state index contributed by atoms with van der Waals surface area (Å²) >= 11 is 6.31. The predicted octanol–water partition coefficient (Wildman–Crippen LogP) is 3.12. The fourth-order valence-corrected chi connectivity index (χ4v) is 3.16. The van der Waals surface area contributed by atoms with Gasteiger partial charge < -0.3 is 15.1 Å². The Morgan fingerprint density at radius 3 is 2.25 bits per heavy atom. The van der Waals surface area contributed by atoms with E-state index in [9.17, 15) is 4.79 Å². The molecule has 2 aromatic carbocycles. The molecule has 1 amide bonds. The molecule has 0 aliphatic carbocycles. The van der Waals surface area contributed by atoms with Gasteiger partial charge in [0.1, 0.15) is 0 Å². The fourth-order valence-electron chi connectivity index (χ4n) is 2.90. The van der Waals surface area contributed by atoms with Gasteiger partial charge in [-0.05, 0) is 35.4 Å². The summed E-state index contributed by atoms with van der Waals surface area (Å²) in [5, 5.41) is 3.85. The first-order valence-electron chi connectivity index (χ1n) is 8.13. The molecule has 0 aromatic heterocycles. The third kappa shape index (κ3) is 3.55. The summed E-state index contributed by atoms with van der Waals surface area (Å²) in [6.45, 7) is 4.12. The van der Waals surface area contributed by atoms with Crippen molar-refractivity contribution in [2.45, 2.75) is 0 Å². The summed E-state index contributed by atoms with van der Waals surface area (Å²) in [7, 11) is 3.45. The lowest BCUT2D eigenvalue weighted by molar-refractivity contribution is 0.0828. The van der Waals surface area contributed by atoms with Gasteiger partial charge in [-0.1, -0.05) is 29.8 Å². The normalized spacial score (nSPS) is 14.5. The van der Waals surface area contributed by atoms with Gasteiger partial charge >= 0.3 is 0 Å². The van der Waals surface area contributed by atoms with Crippen molar-refractivity contribution in [2.75, 3.05) is 45.2 Å². The van der Waals surface area contributed by atoms with Crippen molar-refractivity contribution in [3.05, 3.63) is 53.1 Å². The average Bonchev–Trinajstić information content (AvgIpc) is 2.62. The van der Waals surface area contributed by atoms with E-state index in [0.29, 0.717) is 10.6 Å². The number of amides is 1. The van der Waals surface area contributed by atoms with Gasteiger partial charge in [0.2, 0.25) is 0 Å². The van der Waals surface area contributed by atoms with E-state index in [1.165, 1.54) is 10.6 Å². The molecule has 126 valence electrons. The Balaban J connectivity index is 1.81. The highest BCUT2D eigenvalue weighted by molar-refractivity contribution is 6.34. The Morgan fingerprint density at radius 1 is 1.04 bits per heavy atom. The minimum atomic E-state index is -0.0828. The van der Waals surface area contributed by atoms with Crippen LogP contribution in [-0.2, 0) is 0 Å². The quantitative estimate of drug-likeness (QED) is 0.930. The van der Waals surface area contributed by atoms with Gasteiger partial charge in [-0.3, -0.25) is 4.79 Å². The van der Waals surface area contributed by atoms with E-state index in [2.05, 4.69) is 34.5 Å². The number of piperazine rings is 1. The van der Waals surface area contributed by atoms with Crippen LogP contribution in [0, 0.1) is 0 Å². The Kier molecular flexibility index (Phi) is 5.07. The number of carbonyl (C=O) groups excluding carboxylic acids is 1. The summed E-state index contributed by atoms with van der Waals surface area (Å²) in [6, 6.07) is 14.1. The molecule has 1 fully saturated rings. The second kappa shape index (κ2) is 7.24. The highest BCUT2D eigenvalue weighted by atomic mass is 35.5. The number of anilines is 1. The Morgan fingerprint density at radius 2 is 1.67 bits per heavy atom. The van der Waals surface area contributed by atoms with Crippen LogP contribution in [0.5, 0.6) is 0 Å². The van der Waals surface area contributed by atoms with E-state index in [0.717, 1.165) is 37.3 Å². The van der Waals surface area contributed by atoms with Crippen LogP contribution < -0.4 is 10.2 Å². The van der Waals surface area contributed by atoms with Crippen molar-refractivity contribution in [3.8, 4) is 11.1 Å². The number of nitrogens with one attached hydrogen (secondary N) is 1. The summed E-state index contributed by atoms with van der Waals surface area (Å²) in [5.74, 6) is -0.0828. The monoisotopic (exact) mass is 343 g/mol. The predicted molar refractivity (Wildman–Crippen MR) is 100.0 cm³/mol. The standard InChI is InChI=1S/C19H22ClN3O/c1-22(2)19(24)17-8-5-15(13-18(17)20)14-3-6-16(7-4-14)23-11-9-21-10-12-23/h3-8,13,21H,9-12H2,1-2H3. The van der Waals surface area contributed by atoms with Gasteiger partial charge in [-0.25, -0.2) is 0 Å². The molecule has 1 N–H and O–H groups in total. The highest BCUT2D eigenvalue weighted by Gasteiger charge is 2.14. The molecule has 2 aromatic rings. The van der Waals surface area contributed by atoms with Crippen molar-refractivity contribution in [1.82, 2.24) is 10.2 Å². The first-order valence-corrected chi connectivity index (χ1v) is 8.51. The zero-order valence-corrected chi connectivity index (χ0v) is 14.8. The van der Waals surface area contributed by atoms with E-state index >= 15 is 0 Å². The number of benzene rings is 2. The molecular formula is C19H22ClN3O. The van der Waals surface area contributed by atoms with Crippen molar-refractivity contribution in [2.24, 2.45) is 0 Å². The second-order valence-electron chi connectivity index (χ2n) is 6.18. The molecular weight excluding hydrogens is 322 g/mol. The van der Waals surface area contributed by atoms with E-state index in [1.54, 1.807) is 20.2 Å². The van der Waals surface area contributed by atoms with E-state index < -0.39 is 0 Å². The Labute approximate surface area is 148 Å². The van der Waals surface area contributed by atoms with Crippen LogP contribution in [0.2, 0.25) is 5.02 Å². The third-order valence-corrected chi connectivity index (χ3v) is 4.60. The molecule has 5 heteroatoms. The van der Waals surface area contributed by atoms with Crippen LogP contribution in [0.4, 0.5) is 5.69 Å². The Hall–Kier alpha value is -2.04. The number of halogens is 1. The van der Waals surface area contributed by atoms with Gasteiger partial charge in [-0.15, -0.1) is 0 Å². The SMILES string of the molecule is CN(C)C(=O)c1ccc(-c2ccc(N3CCNCC3)cc2)cc1Cl. The van der Waals surface area contributed by atoms with Gasteiger partial charge in [0.25, 0.3) is 5.91 Å². The molecule has 4 nitrogen and oxygen atoms in total. The molecule has 0 saturated carbocycles. The summed E-state index contributed by atoms with van der Waals surface area (Å²) in [6.07, 6.45) is 0. The van der Waals surface area contributed by atoms with Crippen LogP contribution >= 0.6 is 11.6 Å². The lowest BCUT2D eigenvalue weighted by atomic mass is 10.0. The molecule has 3 rings (SSSR count). The van der Waals surface area contributed by atoms with Crippen LogP contribution in [0.3, 0.4) is 0 Å². The van der Waals surface area contributed by atoms with Crippen molar-refractivity contribution in [1.29, 1.82) is 0 Å². The van der Waals surface area contributed by atoms with Crippen molar-refractivity contribution in [3.63, 3.8) is 0 Å². The lowest BCUT2D eigenvalue weighted by Gasteiger charge is -2.29. The van der Waals surface area contributed by atoms with E-state index in [1.807, 2.05) is 12.1 Å². The zero-order chi connectivity index (χ0) is 17.1. The maximum Gasteiger partial charge on any atom is 0.254 e. The lowest BCUT2D eigenvalue weighted by Crippen LogP contribution is -2.43. The van der Waals surface area contributed by atoms with Gasteiger partial charge in [-0.2, -0.15) is 0 Å². The molecule has 0 spiro atoms. The molecule has 0 bridgehead atoms. The highest BCUT2D eigenvalue weighted by Crippen LogP contribution is 2.28. The molecule has 24 heavy (non-hydrogen) atoms. The minimum Gasteiger partial charge on any atom is -0.369 e. The summed E-state index contributed by atoms with van der Waals surface area (Å²) in [4.78, 5) is 16.0. The van der Waals surface area contributed by atoms with Crippen LogP contribution in [-0.4, -0.2) is 51.1 Å². The molecule has 1 aliphatic rings. The van der Waals surface area contributed by atoms with Gasteiger partial charge in [0.15, 0.2) is 0 Å². The van der Waals surface area contributed by atoms with Crippen LogP contribution in [0.25, 0.3) is 11.1 Å². The zero-order valence-electron chi connectivity index (χ0n) is 14.1. The first-order chi connectivity index (χ1) is 11.6. The van der Waals surface area contributed by atoms with E-state index in [4.69, 9.17) is 11.6 Å². The maximum atomic E-state index is 12.1. The molecule has 0 unspecified atom stereocenters. The second-order valence-corrected chi connectivity index (χ2v) is 6.59. The number of hydrogen-bond acceptors (Lipinski definition) is 3. The number of carbonyl (C=O) groups is 1. The number of nitrogens with zero attached hydrogens (tertiary/aromatic N) is 2. The van der Waals surface area contributed by atoms with Crippen molar-refractivity contribution < 1.29 is 4.79 Å². The smallest absolute Gasteiger partial charge is 0.254 e. The van der Waals surface area contributed by atoms with Crippen LogP contribution in [0.1, 0.15) is 10.4 Å².